The molecule has 0 aromatic rings. The van der Waals surface area contributed by atoms with Gasteiger partial charge in [0.2, 0.25) is 0 Å². The maximum Gasteiger partial charge on any atom is 0.0238 e. The van der Waals surface area contributed by atoms with E-state index in [0.29, 0.717) is 5.88 Å². The largest absolute Gasteiger partial charge is 0.328 e. The van der Waals surface area contributed by atoms with Crippen molar-refractivity contribution < 1.29 is 0 Å². The van der Waals surface area contributed by atoms with Crippen molar-refractivity contribution in [1.82, 2.24) is 0 Å². The summed E-state index contributed by atoms with van der Waals surface area (Å²) in [6.45, 7) is 1.95. The fourth-order valence-corrected chi connectivity index (χ4v) is 0.516. The molecule has 1 atom stereocenters. The lowest BCUT2D eigenvalue weighted by Crippen LogP contribution is -2.14. The van der Waals surface area contributed by atoms with E-state index in [-0.39, 0.29) is 18.4 Å². The molecule has 0 aromatic carbocycles. The van der Waals surface area contributed by atoms with Crippen molar-refractivity contribution in [2.75, 3.05) is 5.88 Å². The molecule has 2 N–H and O–H groups in total. The summed E-state index contributed by atoms with van der Waals surface area (Å²) in [5.74, 6) is 0.678. The smallest absolute Gasteiger partial charge is 0.0238 e. The second-order valence-corrected chi connectivity index (χ2v) is 1.83. The molecule has 0 spiro atoms. The molecule has 0 fully saturated rings. The van der Waals surface area contributed by atoms with Gasteiger partial charge < -0.3 is 5.73 Å². The summed E-state index contributed by atoms with van der Waals surface area (Å²) in [5.41, 5.74) is 5.32. The third-order valence-corrected chi connectivity index (χ3v) is 0.783. The zero-order valence-corrected chi connectivity index (χ0v) is 5.93. The summed E-state index contributed by atoms with van der Waals surface area (Å²) < 4.78 is 0. The van der Waals surface area contributed by atoms with Gasteiger partial charge in [-0.25, -0.2) is 0 Å². The van der Waals surface area contributed by atoms with Crippen molar-refractivity contribution in [2.45, 2.75) is 19.4 Å². The van der Waals surface area contributed by atoms with Crippen LogP contribution < -0.4 is 5.73 Å². The highest BCUT2D eigenvalue weighted by atomic mass is 35.5. The van der Waals surface area contributed by atoms with Crippen molar-refractivity contribution in [2.24, 2.45) is 5.73 Å². The van der Waals surface area contributed by atoms with Gasteiger partial charge in [-0.1, -0.05) is 0 Å². The van der Waals surface area contributed by atoms with Gasteiger partial charge >= 0.3 is 0 Å². The van der Waals surface area contributed by atoms with Crippen LogP contribution in [0, 0.1) is 0 Å². The van der Waals surface area contributed by atoms with Crippen LogP contribution in [0.25, 0.3) is 0 Å². The van der Waals surface area contributed by atoms with E-state index >= 15 is 0 Å². The van der Waals surface area contributed by atoms with Crippen molar-refractivity contribution in [3.05, 3.63) is 0 Å². The lowest BCUT2D eigenvalue weighted by Gasteiger charge is -1.95. The van der Waals surface area contributed by atoms with Crippen LogP contribution in [-0.4, -0.2) is 11.9 Å². The Morgan fingerprint density at radius 1 is 1.71 bits per heavy atom. The molecule has 46 valence electrons. The molecule has 0 unspecified atom stereocenters. The minimum Gasteiger partial charge on any atom is -0.328 e. The number of rotatable bonds is 2. The van der Waals surface area contributed by atoms with Crippen LogP contribution in [-0.2, 0) is 0 Å². The molecular weight excluding hydrogens is 133 g/mol. The van der Waals surface area contributed by atoms with Gasteiger partial charge in [-0.05, 0) is 13.3 Å². The molecule has 0 radical (unpaired) electrons. The van der Waals surface area contributed by atoms with Gasteiger partial charge in [-0.2, -0.15) is 0 Å². The first kappa shape index (κ1) is 10.5. The van der Waals surface area contributed by atoms with Gasteiger partial charge in [0, 0.05) is 11.9 Å². The molecule has 0 heterocycles. The van der Waals surface area contributed by atoms with Crippen LogP contribution in [0.15, 0.2) is 0 Å². The van der Waals surface area contributed by atoms with Gasteiger partial charge in [0.1, 0.15) is 0 Å². The van der Waals surface area contributed by atoms with Gasteiger partial charge in [0.05, 0.1) is 0 Å². The molecular formula is C4H11Cl2N. The number of nitrogens with two attached hydrogens (primary N) is 1. The standard InChI is InChI=1S/C4H10ClN.ClH/c1-4(6)2-3-5;/h4H,2-3,6H2,1H3;1H/t4-;/m0./s1. The molecule has 0 saturated heterocycles. The number of hydrogen-bond acceptors (Lipinski definition) is 1. The Bertz CT molecular complexity index is 30.9. The summed E-state index contributed by atoms with van der Waals surface area (Å²) in [5, 5.41) is 0. The summed E-state index contributed by atoms with van der Waals surface area (Å²) >= 11 is 5.32. The Balaban J connectivity index is 0. The fourth-order valence-electron chi connectivity index (χ4n) is 0.172. The van der Waals surface area contributed by atoms with Crippen molar-refractivity contribution in [1.29, 1.82) is 0 Å². The Morgan fingerprint density at radius 3 is 2.14 bits per heavy atom. The third-order valence-electron chi connectivity index (χ3n) is 0.564. The molecule has 0 saturated carbocycles. The topological polar surface area (TPSA) is 26.0 Å². The second kappa shape index (κ2) is 6.54. The average Bonchev–Trinajstić information content (AvgIpc) is 1.35. The Kier molecular flexibility index (Phi) is 9.82. The van der Waals surface area contributed by atoms with Crippen LogP contribution in [0.1, 0.15) is 13.3 Å². The van der Waals surface area contributed by atoms with Crippen molar-refractivity contribution in [3.63, 3.8) is 0 Å². The van der Waals surface area contributed by atoms with Crippen LogP contribution in [0.5, 0.6) is 0 Å². The van der Waals surface area contributed by atoms with Crippen molar-refractivity contribution in [3.8, 4) is 0 Å². The van der Waals surface area contributed by atoms with E-state index < -0.39 is 0 Å². The van der Waals surface area contributed by atoms with Crippen LogP contribution in [0.4, 0.5) is 0 Å². The monoisotopic (exact) mass is 143 g/mol. The van der Waals surface area contributed by atoms with E-state index in [0.717, 1.165) is 6.42 Å². The highest BCUT2D eigenvalue weighted by Gasteiger charge is 1.86. The second-order valence-electron chi connectivity index (χ2n) is 1.45. The third kappa shape index (κ3) is 10.8. The molecule has 0 aliphatic rings. The van der Waals surface area contributed by atoms with Crippen LogP contribution in [0.2, 0.25) is 0 Å². The Hall–Kier alpha value is 0.540. The summed E-state index contributed by atoms with van der Waals surface area (Å²) in [4.78, 5) is 0. The first-order valence-electron chi connectivity index (χ1n) is 2.09. The van der Waals surface area contributed by atoms with Crippen molar-refractivity contribution >= 4 is 24.0 Å². The van der Waals surface area contributed by atoms with Crippen LogP contribution in [0.3, 0.4) is 0 Å². The normalized spacial score (nSPS) is 12.4. The number of halogens is 2. The summed E-state index contributed by atoms with van der Waals surface area (Å²) in [6, 6.07) is 0.266. The summed E-state index contributed by atoms with van der Waals surface area (Å²) in [6.07, 6.45) is 0.918. The summed E-state index contributed by atoms with van der Waals surface area (Å²) in [7, 11) is 0. The number of alkyl halides is 1. The van der Waals surface area contributed by atoms with E-state index in [2.05, 4.69) is 0 Å². The highest BCUT2D eigenvalue weighted by molar-refractivity contribution is 6.17. The minimum absolute atomic E-state index is 0. The van der Waals surface area contributed by atoms with E-state index in [4.69, 9.17) is 17.3 Å². The average molecular weight is 144 g/mol. The fraction of sp³-hybridized carbons (Fsp3) is 1.00. The highest BCUT2D eigenvalue weighted by Crippen LogP contribution is 1.86. The molecule has 3 heteroatoms. The van der Waals surface area contributed by atoms with Gasteiger partial charge in [0.15, 0.2) is 0 Å². The van der Waals surface area contributed by atoms with E-state index in [9.17, 15) is 0 Å². The lowest BCUT2D eigenvalue weighted by atomic mass is 10.3. The predicted octanol–water partition coefficient (Wildman–Crippen LogP) is 1.38. The molecule has 0 aliphatic carbocycles. The molecule has 0 aromatic heterocycles. The Labute approximate surface area is 55.6 Å². The first-order valence-corrected chi connectivity index (χ1v) is 2.62. The molecule has 0 rings (SSSR count). The zero-order valence-electron chi connectivity index (χ0n) is 4.36. The van der Waals surface area contributed by atoms with Gasteiger partial charge in [0.25, 0.3) is 0 Å². The molecule has 1 nitrogen and oxygen atoms in total. The van der Waals surface area contributed by atoms with Gasteiger partial charge in [-0.15, -0.1) is 24.0 Å². The van der Waals surface area contributed by atoms with Crippen LogP contribution >= 0.6 is 24.0 Å². The quantitative estimate of drug-likeness (QED) is 0.582. The molecule has 7 heavy (non-hydrogen) atoms. The van der Waals surface area contributed by atoms with E-state index in [1.807, 2.05) is 6.92 Å². The SMILES string of the molecule is C[C@H](N)CCCl.Cl. The van der Waals surface area contributed by atoms with E-state index in [1.54, 1.807) is 0 Å². The predicted molar refractivity (Wildman–Crippen MR) is 36.2 cm³/mol. The maximum absolute atomic E-state index is 5.32. The number of hydrogen-bond donors (Lipinski definition) is 1. The minimum atomic E-state index is 0. The van der Waals surface area contributed by atoms with Gasteiger partial charge in [-0.3, -0.25) is 0 Å². The lowest BCUT2D eigenvalue weighted by molar-refractivity contribution is 0.719. The molecule has 0 amide bonds. The first-order chi connectivity index (χ1) is 2.77. The molecule has 0 aliphatic heterocycles. The molecule has 0 bridgehead atoms. The Morgan fingerprint density at radius 2 is 2.14 bits per heavy atom. The zero-order chi connectivity index (χ0) is 4.99. The maximum atomic E-state index is 5.32. The van der Waals surface area contributed by atoms with E-state index in [1.165, 1.54) is 0 Å².